The second kappa shape index (κ2) is 6.60. The van der Waals surface area contributed by atoms with Crippen LogP contribution in [-0.2, 0) is 4.74 Å². The van der Waals surface area contributed by atoms with Gasteiger partial charge in [-0.2, -0.15) is 0 Å². The quantitative estimate of drug-likeness (QED) is 0.875. The lowest BCUT2D eigenvalue weighted by molar-refractivity contribution is -0.0864. The minimum Gasteiger partial charge on any atom is -0.375 e. The van der Waals surface area contributed by atoms with Gasteiger partial charge in [0.2, 0.25) is 0 Å². The highest BCUT2D eigenvalue weighted by atomic mass is 16.5. The van der Waals surface area contributed by atoms with Gasteiger partial charge in [0.15, 0.2) is 0 Å². The van der Waals surface area contributed by atoms with Gasteiger partial charge >= 0.3 is 0 Å². The van der Waals surface area contributed by atoms with Crippen molar-refractivity contribution < 1.29 is 4.74 Å². The number of aromatic nitrogens is 2. The third kappa shape index (κ3) is 3.84. The average molecular weight is 293 g/mol. The van der Waals surface area contributed by atoms with Crippen LogP contribution in [-0.4, -0.2) is 28.2 Å². The number of nitrogens with zero attached hydrogens (tertiary/aromatic N) is 1. The lowest BCUT2D eigenvalue weighted by Crippen LogP contribution is -2.43. The largest absolute Gasteiger partial charge is 0.375 e. The fourth-order valence-corrected chi connectivity index (χ4v) is 2.93. The SMILES string of the molecule is CCC1(CC)CC(Nc2cc(=O)[nH]c(C(C)C)n2)CCO1. The number of aromatic amines is 1. The molecule has 2 rings (SSSR count). The van der Waals surface area contributed by atoms with Crippen LogP contribution in [0.2, 0.25) is 0 Å². The van der Waals surface area contributed by atoms with Gasteiger partial charge in [-0.3, -0.25) is 4.79 Å². The monoisotopic (exact) mass is 293 g/mol. The number of hydrogen-bond acceptors (Lipinski definition) is 4. The summed E-state index contributed by atoms with van der Waals surface area (Å²) in [7, 11) is 0. The van der Waals surface area contributed by atoms with E-state index in [1.54, 1.807) is 6.07 Å². The number of nitrogens with one attached hydrogen (secondary N) is 2. The van der Waals surface area contributed by atoms with Crippen LogP contribution in [0.3, 0.4) is 0 Å². The zero-order valence-electron chi connectivity index (χ0n) is 13.5. The standard InChI is InChI=1S/C16H27N3O2/c1-5-16(6-2)10-12(7-8-21-16)17-13-9-14(20)19-15(18-13)11(3)4/h9,11-12H,5-8,10H2,1-4H3,(H2,17,18,19,20). The van der Waals surface area contributed by atoms with Gasteiger partial charge in [0.25, 0.3) is 5.56 Å². The molecule has 118 valence electrons. The Labute approximate surface area is 126 Å². The van der Waals surface area contributed by atoms with Gasteiger partial charge in [-0.25, -0.2) is 4.98 Å². The summed E-state index contributed by atoms with van der Waals surface area (Å²) in [6, 6.07) is 1.86. The van der Waals surface area contributed by atoms with E-state index < -0.39 is 0 Å². The molecule has 1 unspecified atom stereocenters. The Bertz CT molecular complexity index is 520. The molecule has 21 heavy (non-hydrogen) atoms. The van der Waals surface area contributed by atoms with E-state index in [0.717, 1.165) is 38.1 Å². The molecule has 2 N–H and O–H groups in total. The first-order chi connectivity index (χ1) is 9.98. The number of ether oxygens (including phenoxy) is 1. The fourth-order valence-electron chi connectivity index (χ4n) is 2.93. The zero-order chi connectivity index (χ0) is 15.5. The van der Waals surface area contributed by atoms with E-state index in [4.69, 9.17) is 4.74 Å². The summed E-state index contributed by atoms with van der Waals surface area (Å²) in [5.74, 6) is 1.62. The first-order valence-electron chi connectivity index (χ1n) is 7.99. The second-order valence-electron chi connectivity index (χ2n) is 6.24. The topological polar surface area (TPSA) is 67.0 Å². The summed E-state index contributed by atoms with van der Waals surface area (Å²) in [6.07, 6.45) is 3.95. The van der Waals surface area contributed by atoms with Crippen LogP contribution in [0.25, 0.3) is 0 Å². The molecule has 0 aromatic carbocycles. The van der Waals surface area contributed by atoms with Crippen LogP contribution >= 0.6 is 0 Å². The lowest BCUT2D eigenvalue weighted by Gasteiger charge is -2.40. The van der Waals surface area contributed by atoms with Crippen molar-refractivity contribution in [2.75, 3.05) is 11.9 Å². The normalized spacial score (nSPS) is 21.5. The van der Waals surface area contributed by atoms with Crippen molar-refractivity contribution in [1.29, 1.82) is 0 Å². The van der Waals surface area contributed by atoms with Gasteiger partial charge in [-0.15, -0.1) is 0 Å². The molecule has 0 radical (unpaired) electrons. The van der Waals surface area contributed by atoms with E-state index in [2.05, 4.69) is 29.1 Å². The summed E-state index contributed by atoms with van der Waals surface area (Å²) >= 11 is 0. The molecule has 1 aliphatic rings. The van der Waals surface area contributed by atoms with E-state index in [0.29, 0.717) is 11.9 Å². The van der Waals surface area contributed by atoms with Crippen molar-refractivity contribution in [3.05, 3.63) is 22.2 Å². The molecule has 5 heteroatoms. The molecule has 2 heterocycles. The first-order valence-corrected chi connectivity index (χ1v) is 7.99. The van der Waals surface area contributed by atoms with E-state index in [1.165, 1.54) is 0 Å². The highest BCUT2D eigenvalue weighted by molar-refractivity contribution is 5.35. The molecule has 0 spiro atoms. The molecule has 5 nitrogen and oxygen atoms in total. The van der Waals surface area contributed by atoms with Crippen LogP contribution < -0.4 is 10.9 Å². The van der Waals surface area contributed by atoms with E-state index in [9.17, 15) is 4.79 Å². The molecule has 0 bridgehead atoms. The lowest BCUT2D eigenvalue weighted by atomic mass is 9.86. The first kappa shape index (κ1) is 16.0. The smallest absolute Gasteiger partial charge is 0.252 e. The van der Waals surface area contributed by atoms with Gasteiger partial charge in [0, 0.05) is 24.6 Å². The predicted octanol–water partition coefficient (Wildman–Crippen LogP) is 3.04. The molecule has 0 saturated carbocycles. The summed E-state index contributed by atoms with van der Waals surface area (Å²) in [5, 5.41) is 3.43. The Kier molecular flexibility index (Phi) is 5.04. The van der Waals surface area contributed by atoms with Crippen molar-refractivity contribution >= 4 is 5.82 Å². The van der Waals surface area contributed by atoms with Crippen molar-refractivity contribution in [3.8, 4) is 0 Å². The maximum absolute atomic E-state index is 11.7. The van der Waals surface area contributed by atoms with Crippen LogP contribution in [0.15, 0.2) is 10.9 Å². The van der Waals surface area contributed by atoms with Crippen LogP contribution in [0, 0.1) is 0 Å². The van der Waals surface area contributed by atoms with E-state index in [1.807, 2.05) is 13.8 Å². The van der Waals surface area contributed by atoms with Crippen molar-refractivity contribution in [1.82, 2.24) is 9.97 Å². The molecular weight excluding hydrogens is 266 g/mol. The molecule has 1 aromatic rings. The summed E-state index contributed by atoms with van der Waals surface area (Å²) in [5.41, 5.74) is -0.127. The molecule has 0 aliphatic carbocycles. The summed E-state index contributed by atoms with van der Waals surface area (Å²) < 4.78 is 5.99. The number of rotatable bonds is 5. The van der Waals surface area contributed by atoms with Gasteiger partial charge in [0.05, 0.1) is 5.60 Å². The maximum atomic E-state index is 11.7. The van der Waals surface area contributed by atoms with Gasteiger partial charge in [-0.05, 0) is 25.7 Å². The molecular formula is C16H27N3O2. The Morgan fingerprint density at radius 3 is 2.81 bits per heavy atom. The Morgan fingerprint density at radius 2 is 2.19 bits per heavy atom. The van der Waals surface area contributed by atoms with Crippen molar-refractivity contribution in [3.63, 3.8) is 0 Å². The van der Waals surface area contributed by atoms with Crippen LogP contribution in [0.4, 0.5) is 5.82 Å². The zero-order valence-corrected chi connectivity index (χ0v) is 13.5. The second-order valence-corrected chi connectivity index (χ2v) is 6.24. The number of anilines is 1. The van der Waals surface area contributed by atoms with Crippen LogP contribution in [0.1, 0.15) is 65.1 Å². The predicted molar refractivity (Wildman–Crippen MR) is 84.9 cm³/mol. The van der Waals surface area contributed by atoms with E-state index in [-0.39, 0.29) is 17.1 Å². The molecule has 1 atom stereocenters. The number of H-pyrrole nitrogens is 1. The van der Waals surface area contributed by atoms with Gasteiger partial charge in [0.1, 0.15) is 11.6 Å². The molecule has 1 saturated heterocycles. The number of hydrogen-bond donors (Lipinski definition) is 2. The van der Waals surface area contributed by atoms with Crippen molar-refractivity contribution in [2.45, 2.75) is 70.9 Å². The highest BCUT2D eigenvalue weighted by Gasteiger charge is 2.34. The highest BCUT2D eigenvalue weighted by Crippen LogP contribution is 2.32. The minimum absolute atomic E-state index is 0.0298. The van der Waals surface area contributed by atoms with E-state index >= 15 is 0 Å². The summed E-state index contributed by atoms with van der Waals surface area (Å²) in [6.45, 7) is 9.16. The Hall–Kier alpha value is -1.36. The fraction of sp³-hybridized carbons (Fsp3) is 0.750. The van der Waals surface area contributed by atoms with Crippen LogP contribution in [0.5, 0.6) is 0 Å². The maximum Gasteiger partial charge on any atom is 0.252 e. The summed E-state index contributed by atoms with van der Waals surface area (Å²) in [4.78, 5) is 19.0. The van der Waals surface area contributed by atoms with Crippen molar-refractivity contribution in [2.24, 2.45) is 0 Å². The third-order valence-corrected chi connectivity index (χ3v) is 4.44. The molecule has 1 aromatic heterocycles. The molecule has 1 aliphatic heterocycles. The average Bonchev–Trinajstić information content (AvgIpc) is 2.46. The Morgan fingerprint density at radius 1 is 1.48 bits per heavy atom. The molecule has 0 amide bonds. The Balaban J connectivity index is 2.13. The van der Waals surface area contributed by atoms with Gasteiger partial charge < -0.3 is 15.0 Å². The third-order valence-electron chi connectivity index (χ3n) is 4.44. The van der Waals surface area contributed by atoms with Gasteiger partial charge in [-0.1, -0.05) is 27.7 Å². The minimum atomic E-state index is -0.0968. The molecule has 1 fully saturated rings.